The van der Waals surface area contributed by atoms with E-state index in [-0.39, 0.29) is 18.2 Å². The molecule has 0 bridgehead atoms. The number of carbonyl (C=O) groups is 3. The lowest BCUT2D eigenvalue weighted by Crippen LogP contribution is -2.52. The second-order valence-electron chi connectivity index (χ2n) is 17.7. The standard InChI is InChI=1S/C46H60ClN9O4S/c1-53(26-31-11-17-34(18-12-31)60-28-41-36-27-56(45(59)37(36)29-61-41)39-19-20-42(57)51-44(39)58)21-7-5-4-6-8-22-54(2)33-15-13-32(14-16-33)50-46-48-25-38(47)43(52-46)35-24-49-55(3)40(35)23-30-9-10-30/h11-12,17-18,24-25,29-30,32-33,39H,4-10,13-16,19-23,26-28H2,1-3H3,(H,48,50,52)(H,51,57,58)/t32?,33?,39-/m0/s1. The molecular formula is C46H60ClN9O4S. The van der Waals surface area contributed by atoms with Crippen LogP contribution in [0.3, 0.4) is 0 Å². The number of unbranched alkanes of at least 4 members (excludes halogenated alkanes) is 4. The molecule has 0 unspecified atom stereocenters. The summed E-state index contributed by atoms with van der Waals surface area (Å²) in [5.74, 6) is 1.37. The topological polar surface area (TPSA) is 138 Å². The Hall–Kier alpha value is -4.37. The van der Waals surface area contributed by atoms with E-state index >= 15 is 0 Å². The molecule has 1 saturated heterocycles. The molecule has 3 fully saturated rings. The van der Waals surface area contributed by atoms with E-state index in [1.165, 1.54) is 80.4 Å². The normalized spacial score (nSPS) is 20.5. The number of piperidine rings is 1. The van der Waals surface area contributed by atoms with Crippen LogP contribution in [0.1, 0.15) is 116 Å². The number of carbonyl (C=O) groups excluding carboxylic acids is 3. The van der Waals surface area contributed by atoms with Crippen molar-refractivity contribution >= 4 is 46.6 Å². The van der Waals surface area contributed by atoms with Crippen molar-refractivity contribution in [1.29, 1.82) is 0 Å². The summed E-state index contributed by atoms with van der Waals surface area (Å²) in [4.78, 5) is 54.0. The second kappa shape index (κ2) is 19.8. The van der Waals surface area contributed by atoms with Crippen LogP contribution < -0.4 is 15.4 Å². The second-order valence-corrected chi connectivity index (χ2v) is 19.1. The van der Waals surface area contributed by atoms with Gasteiger partial charge in [0, 0.05) is 65.7 Å². The summed E-state index contributed by atoms with van der Waals surface area (Å²) >= 11 is 8.13. The first kappa shape index (κ1) is 43.3. The highest BCUT2D eigenvalue weighted by atomic mass is 35.5. The third-order valence-corrected chi connectivity index (χ3v) is 14.4. The first-order valence-electron chi connectivity index (χ1n) is 22.2. The summed E-state index contributed by atoms with van der Waals surface area (Å²) in [5.41, 5.74) is 5.81. The van der Waals surface area contributed by atoms with E-state index in [9.17, 15) is 14.4 Å². The zero-order valence-corrected chi connectivity index (χ0v) is 37.4. The van der Waals surface area contributed by atoms with Crippen LogP contribution in [-0.4, -0.2) is 97.5 Å². The Balaban J connectivity index is 0.677. The van der Waals surface area contributed by atoms with Gasteiger partial charge in [0.2, 0.25) is 17.8 Å². The van der Waals surface area contributed by atoms with E-state index in [2.05, 4.69) is 56.7 Å². The van der Waals surface area contributed by atoms with Crippen LogP contribution in [0, 0.1) is 5.92 Å². The van der Waals surface area contributed by atoms with Crippen molar-refractivity contribution in [2.75, 3.05) is 32.5 Å². The number of nitrogens with zero attached hydrogens (tertiary/aromatic N) is 7. The zero-order chi connectivity index (χ0) is 42.5. The van der Waals surface area contributed by atoms with Gasteiger partial charge in [-0.3, -0.25) is 24.4 Å². The van der Waals surface area contributed by atoms with E-state index < -0.39 is 11.9 Å². The van der Waals surface area contributed by atoms with E-state index in [1.807, 2.05) is 35.4 Å². The summed E-state index contributed by atoms with van der Waals surface area (Å²) in [6.45, 7) is 3.84. The SMILES string of the molecule is CN(CCCCCCCN(C)C1CCC(Nc2ncc(Cl)c(-c3cnn(C)c3CC3CC3)n2)CC1)Cc1ccc(OCc2scc3c2CN([C@H]2CCC(=O)NC2=O)C3=O)cc1. The molecule has 4 aromatic rings. The number of nitrogens with one attached hydrogen (secondary N) is 2. The largest absolute Gasteiger partial charge is 0.488 e. The smallest absolute Gasteiger partial charge is 0.256 e. The number of hydrogen-bond donors (Lipinski definition) is 2. The first-order valence-corrected chi connectivity index (χ1v) is 23.5. The maximum atomic E-state index is 13.1. The van der Waals surface area contributed by atoms with Gasteiger partial charge in [0.1, 0.15) is 18.4 Å². The number of fused-ring (bicyclic) bond motifs is 1. The van der Waals surface area contributed by atoms with Crippen molar-refractivity contribution in [3.63, 3.8) is 0 Å². The Morgan fingerprint density at radius 1 is 0.934 bits per heavy atom. The summed E-state index contributed by atoms with van der Waals surface area (Å²) < 4.78 is 8.10. The molecular weight excluding hydrogens is 810 g/mol. The van der Waals surface area contributed by atoms with Crippen molar-refractivity contribution < 1.29 is 19.1 Å². The quantitative estimate of drug-likeness (QED) is 0.0674. The van der Waals surface area contributed by atoms with Crippen LogP contribution >= 0.6 is 22.9 Å². The van der Waals surface area contributed by atoms with E-state index in [0.717, 1.165) is 72.3 Å². The predicted molar refractivity (Wildman–Crippen MR) is 239 cm³/mol. The highest BCUT2D eigenvalue weighted by molar-refractivity contribution is 7.10. The van der Waals surface area contributed by atoms with E-state index in [1.54, 1.807) is 11.1 Å². The summed E-state index contributed by atoms with van der Waals surface area (Å²) in [6.07, 6.45) is 18.6. The van der Waals surface area contributed by atoms with Crippen molar-refractivity contribution in [2.24, 2.45) is 13.0 Å². The molecule has 2 saturated carbocycles. The molecule has 1 aromatic carbocycles. The number of thiophene rings is 1. The number of aryl methyl sites for hydroxylation is 1. The lowest BCUT2D eigenvalue weighted by atomic mass is 9.90. The van der Waals surface area contributed by atoms with Gasteiger partial charge in [-0.2, -0.15) is 5.10 Å². The molecule has 5 heterocycles. The molecule has 15 heteroatoms. The van der Waals surface area contributed by atoms with Gasteiger partial charge in [0.05, 0.1) is 28.7 Å². The van der Waals surface area contributed by atoms with Gasteiger partial charge in [0.25, 0.3) is 5.91 Å². The zero-order valence-electron chi connectivity index (χ0n) is 35.8. The maximum Gasteiger partial charge on any atom is 0.256 e. The minimum Gasteiger partial charge on any atom is -0.488 e. The molecule has 2 aliphatic carbocycles. The predicted octanol–water partition coefficient (Wildman–Crippen LogP) is 7.62. The summed E-state index contributed by atoms with van der Waals surface area (Å²) in [6, 6.07) is 8.65. The average Bonchev–Trinajstić information content (AvgIpc) is 3.76. The number of halogens is 1. The third-order valence-electron chi connectivity index (χ3n) is 13.1. The molecule has 8 rings (SSSR count). The van der Waals surface area contributed by atoms with Crippen molar-refractivity contribution in [3.05, 3.63) is 74.3 Å². The molecule has 61 heavy (non-hydrogen) atoms. The fourth-order valence-corrected chi connectivity index (χ4v) is 10.3. The maximum absolute atomic E-state index is 13.1. The van der Waals surface area contributed by atoms with Crippen LogP contribution in [0.2, 0.25) is 5.02 Å². The molecule has 3 amide bonds. The van der Waals surface area contributed by atoms with Gasteiger partial charge in [0.15, 0.2) is 0 Å². The van der Waals surface area contributed by atoms with Gasteiger partial charge >= 0.3 is 0 Å². The number of aromatic nitrogens is 4. The summed E-state index contributed by atoms with van der Waals surface area (Å²) in [5, 5.41) is 12.9. The summed E-state index contributed by atoms with van der Waals surface area (Å²) in [7, 11) is 6.49. The van der Waals surface area contributed by atoms with Gasteiger partial charge in [-0.05, 0) is 115 Å². The van der Waals surface area contributed by atoms with E-state index in [4.69, 9.17) is 21.3 Å². The van der Waals surface area contributed by atoms with Gasteiger partial charge in [-0.15, -0.1) is 11.3 Å². The molecule has 0 spiro atoms. The van der Waals surface area contributed by atoms with Crippen LogP contribution in [0.4, 0.5) is 5.95 Å². The van der Waals surface area contributed by atoms with Crippen LogP contribution in [-0.2, 0) is 42.8 Å². The van der Waals surface area contributed by atoms with Crippen molar-refractivity contribution in [2.45, 2.75) is 128 Å². The Morgan fingerprint density at radius 2 is 1.69 bits per heavy atom. The fourth-order valence-electron chi connectivity index (χ4n) is 9.18. The van der Waals surface area contributed by atoms with Gasteiger partial charge in [-0.1, -0.05) is 43.0 Å². The third kappa shape index (κ3) is 10.8. The molecule has 1 atom stereocenters. The number of benzene rings is 1. The molecule has 2 N–H and O–H groups in total. The molecule has 4 aliphatic rings. The highest BCUT2D eigenvalue weighted by Crippen LogP contribution is 2.38. The highest BCUT2D eigenvalue weighted by Gasteiger charge is 2.40. The lowest BCUT2D eigenvalue weighted by Gasteiger charge is -2.35. The average molecular weight is 871 g/mol. The Labute approximate surface area is 368 Å². The van der Waals surface area contributed by atoms with Crippen LogP contribution in [0.15, 0.2) is 42.0 Å². The number of anilines is 1. The Kier molecular flexibility index (Phi) is 14.0. The number of rotatable bonds is 20. The minimum atomic E-state index is -0.608. The van der Waals surface area contributed by atoms with Gasteiger partial charge < -0.3 is 24.8 Å². The Morgan fingerprint density at radius 3 is 2.44 bits per heavy atom. The first-order chi connectivity index (χ1) is 29.6. The molecule has 326 valence electrons. The molecule has 0 radical (unpaired) electrons. The number of amides is 3. The molecule has 3 aromatic heterocycles. The number of imide groups is 1. The fraction of sp³-hybridized carbons (Fsp3) is 0.565. The van der Waals surface area contributed by atoms with Crippen molar-refractivity contribution in [1.82, 2.24) is 39.8 Å². The lowest BCUT2D eigenvalue weighted by molar-refractivity contribution is -0.136. The van der Waals surface area contributed by atoms with Crippen molar-refractivity contribution in [3.8, 4) is 17.0 Å². The van der Waals surface area contributed by atoms with Crippen LogP contribution in [0.5, 0.6) is 5.75 Å². The number of ether oxygens (including phenoxy) is 1. The van der Waals surface area contributed by atoms with Gasteiger partial charge in [-0.25, -0.2) is 9.97 Å². The van der Waals surface area contributed by atoms with Crippen LogP contribution in [0.25, 0.3) is 11.3 Å². The number of hydrogen-bond acceptors (Lipinski definition) is 11. The van der Waals surface area contributed by atoms with E-state index in [0.29, 0.717) is 48.2 Å². The molecule has 2 aliphatic heterocycles. The molecule has 13 nitrogen and oxygen atoms in total. The Bertz CT molecular complexity index is 2160. The minimum absolute atomic E-state index is 0.150. The monoisotopic (exact) mass is 869 g/mol.